The number of hydrogen-bond donors (Lipinski definition) is 1. The van der Waals surface area contributed by atoms with E-state index in [-0.39, 0.29) is 0 Å². The second kappa shape index (κ2) is 6.46. The normalized spacial score (nSPS) is 25.2. The molecule has 1 aliphatic heterocycles. The molecule has 1 fully saturated rings. The fourth-order valence-corrected chi connectivity index (χ4v) is 2.89. The molecular weight excluding hydrogens is 252 g/mol. The Morgan fingerprint density at radius 3 is 2.55 bits per heavy atom. The van der Waals surface area contributed by atoms with Gasteiger partial charge in [-0.3, -0.25) is 4.90 Å². The highest BCUT2D eigenvalue weighted by atomic mass is 16.5. The van der Waals surface area contributed by atoms with Crippen molar-refractivity contribution in [3.63, 3.8) is 0 Å². The van der Waals surface area contributed by atoms with Gasteiger partial charge < -0.3 is 14.8 Å². The summed E-state index contributed by atoms with van der Waals surface area (Å²) in [4.78, 5) is 2.54. The van der Waals surface area contributed by atoms with Gasteiger partial charge >= 0.3 is 0 Å². The van der Waals surface area contributed by atoms with Gasteiger partial charge in [-0.1, -0.05) is 6.07 Å². The SMILES string of the molecule is COc1ccc(C(C)N2CC(C)NCC2C)cc1OC. The second-order valence-corrected chi connectivity index (χ2v) is 5.65. The average molecular weight is 278 g/mol. The zero-order valence-electron chi connectivity index (χ0n) is 13.1. The van der Waals surface area contributed by atoms with E-state index in [0.717, 1.165) is 24.6 Å². The topological polar surface area (TPSA) is 33.7 Å². The molecule has 1 N–H and O–H groups in total. The summed E-state index contributed by atoms with van der Waals surface area (Å²) in [6.07, 6.45) is 0. The number of benzene rings is 1. The summed E-state index contributed by atoms with van der Waals surface area (Å²) in [5.41, 5.74) is 1.27. The molecule has 3 unspecified atom stereocenters. The fourth-order valence-electron chi connectivity index (χ4n) is 2.89. The van der Waals surface area contributed by atoms with Crippen LogP contribution < -0.4 is 14.8 Å². The van der Waals surface area contributed by atoms with Crippen LogP contribution in [0.15, 0.2) is 18.2 Å². The lowest BCUT2D eigenvalue weighted by molar-refractivity contribution is 0.103. The van der Waals surface area contributed by atoms with Gasteiger partial charge in [-0.2, -0.15) is 0 Å². The van der Waals surface area contributed by atoms with E-state index in [1.807, 2.05) is 6.07 Å². The first-order chi connectivity index (χ1) is 9.56. The summed E-state index contributed by atoms with van der Waals surface area (Å²) < 4.78 is 10.7. The van der Waals surface area contributed by atoms with Crippen molar-refractivity contribution in [1.82, 2.24) is 10.2 Å². The summed E-state index contributed by atoms with van der Waals surface area (Å²) in [5, 5.41) is 3.52. The van der Waals surface area contributed by atoms with Crippen LogP contribution in [0.5, 0.6) is 11.5 Å². The van der Waals surface area contributed by atoms with Crippen molar-refractivity contribution < 1.29 is 9.47 Å². The largest absolute Gasteiger partial charge is 0.493 e. The van der Waals surface area contributed by atoms with E-state index in [9.17, 15) is 0 Å². The Morgan fingerprint density at radius 1 is 1.20 bits per heavy atom. The maximum Gasteiger partial charge on any atom is 0.161 e. The Hall–Kier alpha value is -1.26. The Bertz CT molecular complexity index is 450. The second-order valence-electron chi connectivity index (χ2n) is 5.65. The van der Waals surface area contributed by atoms with Crippen molar-refractivity contribution in [1.29, 1.82) is 0 Å². The molecule has 0 bridgehead atoms. The number of hydrogen-bond acceptors (Lipinski definition) is 4. The van der Waals surface area contributed by atoms with Gasteiger partial charge in [0.1, 0.15) is 0 Å². The lowest BCUT2D eigenvalue weighted by Crippen LogP contribution is -2.54. The Balaban J connectivity index is 2.21. The molecule has 20 heavy (non-hydrogen) atoms. The molecule has 0 saturated carbocycles. The average Bonchev–Trinajstić information content (AvgIpc) is 2.48. The van der Waals surface area contributed by atoms with Crippen molar-refractivity contribution in [2.24, 2.45) is 0 Å². The highest BCUT2D eigenvalue weighted by Crippen LogP contribution is 2.32. The summed E-state index contributed by atoms with van der Waals surface area (Å²) in [7, 11) is 3.35. The zero-order chi connectivity index (χ0) is 14.7. The van der Waals surface area contributed by atoms with Crippen LogP contribution in [0.4, 0.5) is 0 Å². The molecule has 112 valence electrons. The van der Waals surface area contributed by atoms with Gasteiger partial charge in [-0.25, -0.2) is 0 Å². The molecule has 0 aliphatic carbocycles. The van der Waals surface area contributed by atoms with Crippen LogP contribution in [-0.4, -0.2) is 44.3 Å². The van der Waals surface area contributed by atoms with Crippen molar-refractivity contribution in [3.8, 4) is 11.5 Å². The third-order valence-corrected chi connectivity index (χ3v) is 4.20. The molecule has 1 aromatic carbocycles. The molecular formula is C16H26N2O2. The van der Waals surface area contributed by atoms with E-state index in [4.69, 9.17) is 9.47 Å². The molecule has 1 aliphatic rings. The van der Waals surface area contributed by atoms with Gasteiger partial charge in [-0.15, -0.1) is 0 Å². The van der Waals surface area contributed by atoms with Crippen molar-refractivity contribution >= 4 is 0 Å². The van der Waals surface area contributed by atoms with Crippen LogP contribution >= 0.6 is 0 Å². The van der Waals surface area contributed by atoms with Gasteiger partial charge in [0.2, 0.25) is 0 Å². The highest BCUT2D eigenvalue weighted by Gasteiger charge is 2.27. The number of piperazine rings is 1. The Labute approximate surface area is 122 Å². The molecule has 4 heteroatoms. The van der Waals surface area contributed by atoms with Crippen molar-refractivity contribution in [2.45, 2.75) is 38.9 Å². The lowest BCUT2D eigenvalue weighted by Gasteiger charge is -2.41. The Morgan fingerprint density at radius 2 is 1.90 bits per heavy atom. The molecule has 2 rings (SSSR count). The standard InChI is InChI=1S/C16H26N2O2/c1-11-10-18(12(2)9-17-11)13(3)14-6-7-15(19-4)16(8-14)20-5/h6-8,11-13,17H,9-10H2,1-5H3. The minimum atomic E-state index is 0.370. The number of rotatable bonds is 4. The van der Waals surface area contributed by atoms with Gasteiger partial charge in [-0.05, 0) is 38.5 Å². The number of methoxy groups -OCH3 is 2. The molecule has 3 atom stereocenters. The van der Waals surface area contributed by atoms with Crippen LogP contribution in [0, 0.1) is 0 Å². The van der Waals surface area contributed by atoms with E-state index >= 15 is 0 Å². The van der Waals surface area contributed by atoms with Gasteiger partial charge in [0.05, 0.1) is 14.2 Å². The molecule has 0 aromatic heterocycles. The van der Waals surface area contributed by atoms with Crippen LogP contribution in [-0.2, 0) is 0 Å². The van der Waals surface area contributed by atoms with E-state index < -0.39 is 0 Å². The summed E-state index contributed by atoms with van der Waals surface area (Å²) in [6, 6.07) is 7.65. The van der Waals surface area contributed by atoms with Crippen LogP contribution in [0.3, 0.4) is 0 Å². The van der Waals surface area contributed by atoms with Crippen molar-refractivity contribution in [3.05, 3.63) is 23.8 Å². The quantitative estimate of drug-likeness (QED) is 0.917. The van der Waals surface area contributed by atoms with E-state index in [0.29, 0.717) is 18.1 Å². The van der Waals surface area contributed by atoms with Crippen molar-refractivity contribution in [2.75, 3.05) is 27.3 Å². The molecule has 0 spiro atoms. The summed E-state index contributed by atoms with van der Waals surface area (Å²) >= 11 is 0. The zero-order valence-corrected chi connectivity index (χ0v) is 13.1. The van der Waals surface area contributed by atoms with Gasteiger partial charge in [0.15, 0.2) is 11.5 Å². The first-order valence-corrected chi connectivity index (χ1v) is 7.27. The third-order valence-electron chi connectivity index (χ3n) is 4.20. The van der Waals surface area contributed by atoms with Gasteiger partial charge in [0.25, 0.3) is 0 Å². The molecule has 4 nitrogen and oxygen atoms in total. The van der Waals surface area contributed by atoms with Crippen LogP contribution in [0.1, 0.15) is 32.4 Å². The minimum absolute atomic E-state index is 0.370. The predicted molar refractivity (Wildman–Crippen MR) is 81.6 cm³/mol. The summed E-state index contributed by atoms with van der Waals surface area (Å²) in [5.74, 6) is 1.58. The maximum absolute atomic E-state index is 5.41. The molecule has 0 amide bonds. The maximum atomic E-state index is 5.41. The van der Waals surface area contributed by atoms with Crippen LogP contribution in [0.25, 0.3) is 0 Å². The number of ether oxygens (including phenoxy) is 2. The lowest BCUT2D eigenvalue weighted by atomic mass is 10.0. The minimum Gasteiger partial charge on any atom is -0.493 e. The first-order valence-electron chi connectivity index (χ1n) is 7.27. The van der Waals surface area contributed by atoms with E-state index in [1.165, 1.54) is 5.56 Å². The first kappa shape index (κ1) is 15.1. The number of nitrogens with zero attached hydrogens (tertiary/aromatic N) is 1. The van der Waals surface area contributed by atoms with E-state index in [1.54, 1.807) is 14.2 Å². The van der Waals surface area contributed by atoms with Crippen LogP contribution in [0.2, 0.25) is 0 Å². The Kier molecular flexibility index (Phi) is 4.89. The van der Waals surface area contributed by atoms with Gasteiger partial charge in [0, 0.05) is 31.2 Å². The van der Waals surface area contributed by atoms with E-state index in [2.05, 4.69) is 43.1 Å². The monoisotopic (exact) mass is 278 g/mol. The fraction of sp³-hybridized carbons (Fsp3) is 0.625. The molecule has 1 aromatic rings. The molecule has 1 heterocycles. The molecule has 0 radical (unpaired) electrons. The molecule has 1 saturated heterocycles. The highest BCUT2D eigenvalue weighted by molar-refractivity contribution is 5.43. The number of nitrogens with one attached hydrogen (secondary N) is 1. The summed E-state index contributed by atoms with van der Waals surface area (Å²) in [6.45, 7) is 8.88. The smallest absolute Gasteiger partial charge is 0.161 e. The predicted octanol–water partition coefficient (Wildman–Crippen LogP) is 2.45. The third kappa shape index (κ3) is 3.07.